The molecule has 0 aliphatic carbocycles. The molecule has 0 heterocycles. The van der Waals surface area contributed by atoms with Crippen molar-refractivity contribution in [1.29, 1.82) is 0 Å². The largest absolute Gasteiger partial charge is 0.0842 e. The zero-order valence-electron chi connectivity index (χ0n) is 9.46. The minimum absolute atomic E-state index is 0.660. The second-order valence-corrected chi connectivity index (χ2v) is 3.75. The van der Waals surface area contributed by atoms with Gasteiger partial charge >= 0.3 is 0 Å². The first-order chi connectivity index (χ1) is 6.79. The lowest BCUT2D eigenvalue weighted by atomic mass is 9.93. The van der Waals surface area contributed by atoms with Crippen molar-refractivity contribution in [1.82, 2.24) is 0 Å². The van der Waals surface area contributed by atoms with Crippen LogP contribution in [0.2, 0.25) is 0 Å². The Bertz CT molecular complexity index is 297. The van der Waals surface area contributed by atoms with E-state index in [-0.39, 0.29) is 0 Å². The quantitative estimate of drug-likeness (QED) is 0.646. The molecule has 0 heteroatoms. The third kappa shape index (κ3) is 2.73. The monoisotopic (exact) mass is 188 g/mol. The predicted molar refractivity (Wildman–Crippen MR) is 64.5 cm³/mol. The summed E-state index contributed by atoms with van der Waals surface area (Å²) in [6, 6.07) is 8.68. The van der Waals surface area contributed by atoms with Gasteiger partial charge in [-0.1, -0.05) is 57.2 Å². The smallest absolute Gasteiger partial charge is 0.0187 e. The molecule has 1 aromatic rings. The molecule has 0 nitrogen and oxygen atoms in total. The Morgan fingerprint density at radius 1 is 1.21 bits per heavy atom. The molecule has 0 aromatic heterocycles. The number of rotatable bonds is 4. The van der Waals surface area contributed by atoms with Crippen molar-refractivity contribution in [3.8, 4) is 0 Å². The maximum Gasteiger partial charge on any atom is -0.0187 e. The fourth-order valence-corrected chi connectivity index (χ4v) is 1.58. The van der Waals surface area contributed by atoms with Gasteiger partial charge in [-0.15, -0.1) is 0 Å². The maximum absolute atomic E-state index is 2.29. The van der Waals surface area contributed by atoms with Crippen molar-refractivity contribution in [3.05, 3.63) is 41.5 Å². The Hall–Kier alpha value is -1.04. The summed E-state index contributed by atoms with van der Waals surface area (Å²) in [6.45, 7) is 6.70. The molecular formula is C14H20. The Kier molecular flexibility index (Phi) is 4.45. The van der Waals surface area contributed by atoms with E-state index in [1.165, 1.54) is 17.5 Å². The van der Waals surface area contributed by atoms with Gasteiger partial charge in [-0.05, 0) is 29.9 Å². The summed E-state index contributed by atoms with van der Waals surface area (Å²) >= 11 is 0. The van der Waals surface area contributed by atoms with Gasteiger partial charge in [-0.2, -0.15) is 0 Å². The van der Waals surface area contributed by atoms with Gasteiger partial charge in [-0.3, -0.25) is 0 Å². The number of hydrogen-bond donors (Lipinski definition) is 0. The van der Waals surface area contributed by atoms with Crippen LogP contribution in [-0.4, -0.2) is 0 Å². The molecule has 1 atom stereocenters. The van der Waals surface area contributed by atoms with Crippen LogP contribution in [0.1, 0.15) is 50.7 Å². The van der Waals surface area contributed by atoms with Gasteiger partial charge in [0.25, 0.3) is 0 Å². The summed E-state index contributed by atoms with van der Waals surface area (Å²) in [4.78, 5) is 0. The number of allylic oxidation sites excluding steroid dienone is 1. The zero-order chi connectivity index (χ0) is 10.4. The summed E-state index contributed by atoms with van der Waals surface area (Å²) in [6.07, 6.45) is 6.77. The standard InChI is InChI=1S/C14H20/c1-4-6-9-13-10-7-8-11-14(13)12(3)5-2/h6-12H,4-5H2,1-3H3/b9-6-. The molecule has 0 bridgehead atoms. The molecule has 1 rings (SSSR count). The minimum Gasteiger partial charge on any atom is -0.0842 e. The topological polar surface area (TPSA) is 0 Å². The highest BCUT2D eigenvalue weighted by Crippen LogP contribution is 2.23. The molecule has 0 aliphatic heterocycles. The first-order valence-corrected chi connectivity index (χ1v) is 5.55. The highest BCUT2D eigenvalue weighted by Gasteiger charge is 2.05. The van der Waals surface area contributed by atoms with Crippen molar-refractivity contribution in [2.24, 2.45) is 0 Å². The van der Waals surface area contributed by atoms with E-state index in [0.717, 1.165) is 6.42 Å². The Labute approximate surface area is 87.7 Å². The van der Waals surface area contributed by atoms with E-state index in [0.29, 0.717) is 5.92 Å². The van der Waals surface area contributed by atoms with Crippen LogP contribution >= 0.6 is 0 Å². The molecule has 0 spiro atoms. The van der Waals surface area contributed by atoms with Crippen molar-refractivity contribution < 1.29 is 0 Å². The van der Waals surface area contributed by atoms with Gasteiger partial charge in [0, 0.05) is 0 Å². The van der Waals surface area contributed by atoms with Crippen molar-refractivity contribution >= 4 is 6.08 Å². The van der Waals surface area contributed by atoms with Crippen LogP contribution < -0.4 is 0 Å². The predicted octanol–water partition coefficient (Wildman–Crippen LogP) is 4.62. The van der Waals surface area contributed by atoms with Crippen LogP contribution in [0.4, 0.5) is 0 Å². The van der Waals surface area contributed by atoms with Crippen molar-refractivity contribution in [3.63, 3.8) is 0 Å². The van der Waals surface area contributed by atoms with E-state index in [1.54, 1.807) is 0 Å². The molecule has 0 aliphatic rings. The van der Waals surface area contributed by atoms with Gasteiger partial charge in [-0.25, -0.2) is 0 Å². The fraction of sp³-hybridized carbons (Fsp3) is 0.429. The summed E-state index contributed by atoms with van der Waals surface area (Å²) in [5.74, 6) is 0.660. The van der Waals surface area contributed by atoms with Crippen molar-refractivity contribution in [2.75, 3.05) is 0 Å². The number of benzene rings is 1. The van der Waals surface area contributed by atoms with E-state index in [4.69, 9.17) is 0 Å². The highest BCUT2D eigenvalue weighted by molar-refractivity contribution is 5.54. The first kappa shape index (κ1) is 11.0. The van der Waals surface area contributed by atoms with Gasteiger partial charge in [0.05, 0.1) is 0 Å². The Morgan fingerprint density at radius 2 is 1.93 bits per heavy atom. The Morgan fingerprint density at radius 3 is 2.57 bits per heavy atom. The van der Waals surface area contributed by atoms with Crippen molar-refractivity contribution in [2.45, 2.75) is 39.5 Å². The second kappa shape index (κ2) is 5.64. The van der Waals surface area contributed by atoms with Crippen LogP contribution in [0.5, 0.6) is 0 Å². The van der Waals surface area contributed by atoms with Gasteiger partial charge in [0.2, 0.25) is 0 Å². The zero-order valence-corrected chi connectivity index (χ0v) is 9.46. The fourth-order valence-electron chi connectivity index (χ4n) is 1.58. The van der Waals surface area contributed by atoms with E-state index in [2.05, 4.69) is 57.2 Å². The molecule has 1 unspecified atom stereocenters. The highest BCUT2D eigenvalue weighted by atomic mass is 14.1. The average molecular weight is 188 g/mol. The van der Waals surface area contributed by atoms with E-state index >= 15 is 0 Å². The number of hydrogen-bond acceptors (Lipinski definition) is 0. The Balaban J connectivity index is 2.96. The van der Waals surface area contributed by atoms with Crippen LogP contribution in [-0.2, 0) is 0 Å². The molecule has 0 fully saturated rings. The van der Waals surface area contributed by atoms with Crippen LogP contribution in [0, 0.1) is 0 Å². The van der Waals surface area contributed by atoms with Crippen LogP contribution in [0.25, 0.3) is 6.08 Å². The average Bonchev–Trinajstić information content (AvgIpc) is 2.25. The van der Waals surface area contributed by atoms with Crippen LogP contribution in [0.15, 0.2) is 30.3 Å². The van der Waals surface area contributed by atoms with Gasteiger partial charge in [0.1, 0.15) is 0 Å². The molecule has 1 aromatic carbocycles. The van der Waals surface area contributed by atoms with Gasteiger partial charge < -0.3 is 0 Å². The molecule has 14 heavy (non-hydrogen) atoms. The lowest BCUT2D eigenvalue weighted by Crippen LogP contribution is -1.94. The van der Waals surface area contributed by atoms with E-state index in [1.807, 2.05) is 0 Å². The SMILES string of the molecule is CC/C=C\c1ccccc1C(C)CC. The third-order valence-electron chi connectivity index (χ3n) is 2.67. The normalized spacial score (nSPS) is 13.4. The molecule has 0 saturated carbocycles. The molecule has 76 valence electrons. The van der Waals surface area contributed by atoms with Crippen LogP contribution in [0.3, 0.4) is 0 Å². The lowest BCUT2D eigenvalue weighted by Gasteiger charge is -2.12. The third-order valence-corrected chi connectivity index (χ3v) is 2.67. The molecule has 0 radical (unpaired) electrons. The minimum atomic E-state index is 0.660. The second-order valence-electron chi connectivity index (χ2n) is 3.75. The molecule has 0 amide bonds. The first-order valence-electron chi connectivity index (χ1n) is 5.55. The summed E-state index contributed by atoms with van der Waals surface area (Å²) in [5.41, 5.74) is 2.85. The van der Waals surface area contributed by atoms with Gasteiger partial charge in [0.15, 0.2) is 0 Å². The summed E-state index contributed by atoms with van der Waals surface area (Å²) in [5, 5.41) is 0. The maximum atomic E-state index is 2.29. The lowest BCUT2D eigenvalue weighted by molar-refractivity contribution is 0.732. The summed E-state index contributed by atoms with van der Waals surface area (Å²) < 4.78 is 0. The van der Waals surface area contributed by atoms with E-state index < -0.39 is 0 Å². The molecule has 0 N–H and O–H groups in total. The van der Waals surface area contributed by atoms with E-state index in [9.17, 15) is 0 Å². The summed E-state index contributed by atoms with van der Waals surface area (Å²) in [7, 11) is 0. The molecular weight excluding hydrogens is 168 g/mol. The molecule has 0 saturated heterocycles.